The molecule has 3 atom stereocenters. The van der Waals surface area contributed by atoms with Crippen molar-refractivity contribution in [2.24, 2.45) is 5.92 Å². The molecule has 1 N–H and O–H groups in total. The molecule has 3 rings (SSSR count). The Hall–Kier alpha value is -2.41. The average Bonchev–Trinajstić information content (AvgIpc) is 2.99. The van der Waals surface area contributed by atoms with E-state index in [0.29, 0.717) is 24.2 Å². The molecule has 0 spiro atoms. The number of hydrogen-bond donors (Lipinski definition) is 1. The summed E-state index contributed by atoms with van der Waals surface area (Å²) in [6.45, 7) is 8.85. The molecule has 3 unspecified atom stereocenters. The Bertz CT molecular complexity index is 647. The topological polar surface area (TPSA) is 92.9 Å². The van der Waals surface area contributed by atoms with E-state index in [1.807, 2.05) is 18.2 Å². The van der Waals surface area contributed by atoms with Crippen molar-refractivity contribution in [3.63, 3.8) is 0 Å². The number of likely N-dealkylation sites (tertiary alicyclic amines) is 1. The number of piperidine rings is 1. The van der Waals surface area contributed by atoms with Crippen LogP contribution in [0, 0.1) is 16.0 Å². The molecule has 1 aliphatic heterocycles. The van der Waals surface area contributed by atoms with Crippen LogP contribution in [0.5, 0.6) is 5.75 Å². The number of ether oxygens (including phenoxy) is 1. The molecule has 7 heteroatoms. The van der Waals surface area contributed by atoms with Gasteiger partial charge >= 0.3 is 0 Å². The van der Waals surface area contributed by atoms with E-state index < -0.39 is 5.09 Å². The molecule has 0 aromatic heterocycles. The highest BCUT2D eigenvalue weighted by molar-refractivity contribution is 5.47. The summed E-state index contributed by atoms with van der Waals surface area (Å²) in [7, 11) is 0. The SMILES string of the molecule is C=CCN1CC2CCCC2(c2cccc(OC=O)c2)CC1C.O=[N+]([O-])O. The fourth-order valence-electron chi connectivity index (χ4n) is 4.65. The first-order valence-electron chi connectivity index (χ1n) is 8.82. The van der Waals surface area contributed by atoms with Crippen molar-refractivity contribution < 1.29 is 19.8 Å². The highest BCUT2D eigenvalue weighted by Crippen LogP contribution is 2.52. The molecule has 1 heterocycles. The molecule has 2 aliphatic rings. The fourth-order valence-corrected chi connectivity index (χ4v) is 4.65. The number of nitrogens with zero attached hydrogens (tertiary/aromatic N) is 2. The maximum Gasteiger partial charge on any atom is 0.298 e. The molecule has 1 aromatic carbocycles. The summed E-state index contributed by atoms with van der Waals surface area (Å²) in [5.41, 5.74) is 1.60. The lowest BCUT2D eigenvalue weighted by Crippen LogP contribution is -2.51. The minimum atomic E-state index is -1.50. The van der Waals surface area contributed by atoms with Gasteiger partial charge in [0.05, 0.1) is 0 Å². The highest BCUT2D eigenvalue weighted by Gasteiger charge is 2.49. The molecule has 0 radical (unpaired) electrons. The molecule has 0 bridgehead atoms. The van der Waals surface area contributed by atoms with Gasteiger partial charge in [0.1, 0.15) is 5.75 Å². The normalized spacial score (nSPS) is 27.6. The van der Waals surface area contributed by atoms with Crippen molar-refractivity contribution >= 4 is 6.47 Å². The van der Waals surface area contributed by atoms with Gasteiger partial charge < -0.3 is 9.94 Å². The lowest BCUT2D eigenvalue weighted by Gasteiger charge is -2.48. The third kappa shape index (κ3) is 4.40. The predicted octanol–water partition coefficient (Wildman–Crippen LogP) is 3.19. The number of rotatable bonds is 5. The monoisotopic (exact) mass is 362 g/mol. The highest BCUT2D eigenvalue weighted by atomic mass is 16.9. The van der Waals surface area contributed by atoms with Crippen LogP contribution < -0.4 is 4.74 Å². The lowest BCUT2D eigenvalue weighted by molar-refractivity contribution is -0.742. The van der Waals surface area contributed by atoms with Gasteiger partial charge in [-0.05, 0) is 49.8 Å². The van der Waals surface area contributed by atoms with E-state index in [9.17, 15) is 4.79 Å². The minimum absolute atomic E-state index is 0.249. The molecule has 1 aliphatic carbocycles. The Balaban J connectivity index is 0.000000552. The first-order valence-corrected chi connectivity index (χ1v) is 8.82. The van der Waals surface area contributed by atoms with Crippen LogP contribution in [0.3, 0.4) is 0 Å². The summed E-state index contributed by atoms with van der Waals surface area (Å²) >= 11 is 0. The van der Waals surface area contributed by atoms with Crippen LogP contribution >= 0.6 is 0 Å². The van der Waals surface area contributed by atoms with Gasteiger partial charge in [-0.3, -0.25) is 9.69 Å². The van der Waals surface area contributed by atoms with Crippen molar-refractivity contribution in [2.75, 3.05) is 13.1 Å². The molecule has 26 heavy (non-hydrogen) atoms. The Morgan fingerprint density at radius 2 is 2.27 bits per heavy atom. The van der Waals surface area contributed by atoms with Gasteiger partial charge in [-0.2, -0.15) is 0 Å². The quantitative estimate of drug-likeness (QED) is 0.374. The number of benzene rings is 1. The molecule has 1 aromatic rings. The number of carbonyl (C=O) groups is 1. The van der Waals surface area contributed by atoms with Crippen LogP contribution in [0.1, 0.15) is 38.2 Å². The summed E-state index contributed by atoms with van der Waals surface area (Å²) < 4.78 is 5.06. The maximum absolute atomic E-state index is 10.6. The Morgan fingerprint density at radius 1 is 1.54 bits per heavy atom. The summed E-state index contributed by atoms with van der Waals surface area (Å²) in [6, 6.07) is 8.71. The predicted molar refractivity (Wildman–Crippen MR) is 96.8 cm³/mol. The minimum Gasteiger partial charge on any atom is -0.429 e. The molecular weight excluding hydrogens is 336 g/mol. The van der Waals surface area contributed by atoms with Gasteiger partial charge in [0.15, 0.2) is 0 Å². The van der Waals surface area contributed by atoms with Crippen molar-refractivity contribution in [2.45, 2.75) is 44.1 Å². The molecule has 1 saturated heterocycles. The molecular formula is C19H26N2O5. The van der Waals surface area contributed by atoms with Crippen LogP contribution in [0.4, 0.5) is 0 Å². The molecule has 1 saturated carbocycles. The van der Waals surface area contributed by atoms with E-state index in [1.165, 1.54) is 31.2 Å². The van der Waals surface area contributed by atoms with Gasteiger partial charge in [0, 0.05) is 24.5 Å². The van der Waals surface area contributed by atoms with Crippen LogP contribution in [-0.2, 0) is 10.2 Å². The zero-order valence-corrected chi connectivity index (χ0v) is 15.0. The second-order valence-electron chi connectivity index (χ2n) is 7.02. The van der Waals surface area contributed by atoms with E-state index in [-0.39, 0.29) is 5.41 Å². The largest absolute Gasteiger partial charge is 0.429 e. The number of hydrogen-bond acceptors (Lipinski definition) is 5. The van der Waals surface area contributed by atoms with E-state index >= 15 is 0 Å². The molecule has 7 nitrogen and oxygen atoms in total. The van der Waals surface area contributed by atoms with E-state index in [4.69, 9.17) is 20.1 Å². The first kappa shape index (κ1) is 19.9. The molecule has 0 amide bonds. The van der Waals surface area contributed by atoms with Gasteiger partial charge in [-0.15, -0.1) is 16.7 Å². The van der Waals surface area contributed by atoms with E-state index in [2.05, 4.69) is 30.5 Å². The average molecular weight is 362 g/mol. The zero-order valence-electron chi connectivity index (χ0n) is 15.0. The summed E-state index contributed by atoms with van der Waals surface area (Å²) in [5, 5.41) is 13.6. The third-order valence-corrected chi connectivity index (χ3v) is 5.65. The van der Waals surface area contributed by atoms with Crippen molar-refractivity contribution in [3.05, 3.63) is 52.6 Å². The van der Waals surface area contributed by atoms with Crippen LogP contribution in [0.15, 0.2) is 36.9 Å². The van der Waals surface area contributed by atoms with Crippen LogP contribution in [0.25, 0.3) is 0 Å². The number of carbonyl (C=O) groups excluding carboxylic acids is 1. The van der Waals surface area contributed by atoms with Gasteiger partial charge in [-0.25, -0.2) is 0 Å². The second-order valence-corrected chi connectivity index (χ2v) is 7.02. The Kier molecular flexibility index (Phi) is 6.74. The van der Waals surface area contributed by atoms with Gasteiger partial charge in [-0.1, -0.05) is 24.6 Å². The van der Waals surface area contributed by atoms with Crippen molar-refractivity contribution in [1.29, 1.82) is 0 Å². The van der Waals surface area contributed by atoms with Crippen LogP contribution in [0.2, 0.25) is 0 Å². The molecule has 142 valence electrons. The lowest BCUT2D eigenvalue weighted by atomic mass is 9.66. The summed E-state index contributed by atoms with van der Waals surface area (Å²) in [5.74, 6) is 1.35. The summed E-state index contributed by atoms with van der Waals surface area (Å²) in [4.78, 5) is 21.5. The van der Waals surface area contributed by atoms with Gasteiger partial charge in [0.25, 0.3) is 11.6 Å². The Labute approximate surface area is 153 Å². The smallest absolute Gasteiger partial charge is 0.298 e. The third-order valence-electron chi connectivity index (χ3n) is 5.65. The Morgan fingerprint density at radius 3 is 2.92 bits per heavy atom. The fraction of sp³-hybridized carbons (Fsp3) is 0.526. The van der Waals surface area contributed by atoms with E-state index in [0.717, 1.165) is 13.1 Å². The standard InChI is InChI=1S/C19H25NO2.HNO3/c1-3-10-20-13-17-7-5-9-19(17,12-15(20)2)16-6-4-8-18(11-16)22-14-21;2-1(3)4/h3-4,6,8,11,14-15,17H,1,5,7,9-10,12-13H2,2H3;(H,2,3,4). The number of fused-ring (bicyclic) bond motifs is 1. The van der Waals surface area contributed by atoms with E-state index in [1.54, 1.807) is 0 Å². The second kappa shape index (κ2) is 8.80. The van der Waals surface area contributed by atoms with Crippen molar-refractivity contribution in [3.8, 4) is 5.75 Å². The molecule has 2 fully saturated rings. The zero-order chi connectivity index (χ0) is 19.2. The van der Waals surface area contributed by atoms with Gasteiger partial charge in [0.2, 0.25) is 0 Å². The van der Waals surface area contributed by atoms with Crippen LogP contribution in [-0.4, -0.2) is 40.8 Å². The maximum atomic E-state index is 10.6. The first-order chi connectivity index (χ1) is 12.4. The summed E-state index contributed by atoms with van der Waals surface area (Å²) in [6.07, 6.45) is 7.01. The van der Waals surface area contributed by atoms with Crippen molar-refractivity contribution in [1.82, 2.24) is 4.90 Å².